The first kappa shape index (κ1) is 31.8. The Kier molecular flexibility index (Phi) is 10.3. The van der Waals surface area contributed by atoms with Crippen LogP contribution < -0.4 is 31.1 Å². The fourth-order valence-corrected chi connectivity index (χ4v) is 9.14. The fraction of sp³-hybridized carbons (Fsp3) is 0.103. The van der Waals surface area contributed by atoms with Crippen molar-refractivity contribution in [3.8, 4) is 0 Å². The summed E-state index contributed by atoms with van der Waals surface area (Å²) < 4.78 is 65.6. The first-order valence-electron chi connectivity index (χ1n) is 13.0. The molecule has 2 amide bonds. The SMILES string of the molecule is O=C(CC[C@@H](C(=O)NNS(=O)(=O)c1ccccc1)P(=O)(c1ccccc1)c1ccccc1)NNS(=O)(=O)c1ccccc1. The minimum atomic E-state index is -4.17. The van der Waals surface area contributed by atoms with Crippen molar-refractivity contribution in [1.29, 1.82) is 0 Å². The number of sulfonamides is 2. The molecule has 0 unspecified atom stereocenters. The number of carbonyl (C=O) groups excluding carboxylic acids is 2. The molecule has 0 bridgehead atoms. The fourth-order valence-electron chi connectivity index (χ4n) is 4.26. The van der Waals surface area contributed by atoms with E-state index in [1.807, 2.05) is 9.66 Å². The number of nitrogens with one attached hydrogen (secondary N) is 4. The van der Waals surface area contributed by atoms with Crippen LogP contribution in [-0.4, -0.2) is 34.3 Å². The molecule has 11 nitrogen and oxygen atoms in total. The van der Waals surface area contributed by atoms with Crippen molar-refractivity contribution in [2.45, 2.75) is 28.3 Å². The molecule has 0 spiro atoms. The Hall–Kier alpha value is -4.13. The molecule has 0 fully saturated rings. The Morgan fingerprint density at radius 2 is 0.953 bits per heavy atom. The maximum absolute atomic E-state index is 15.0. The van der Waals surface area contributed by atoms with Crippen LogP contribution >= 0.6 is 7.14 Å². The molecule has 0 aliphatic rings. The Labute approximate surface area is 250 Å². The lowest BCUT2D eigenvalue weighted by molar-refractivity contribution is -0.122. The lowest BCUT2D eigenvalue weighted by atomic mass is 10.2. The topological polar surface area (TPSA) is 168 Å². The highest BCUT2D eigenvalue weighted by molar-refractivity contribution is 7.89. The van der Waals surface area contributed by atoms with E-state index in [9.17, 15) is 31.0 Å². The van der Waals surface area contributed by atoms with Crippen molar-refractivity contribution in [3.05, 3.63) is 121 Å². The van der Waals surface area contributed by atoms with Crippen LogP contribution in [0, 0.1) is 0 Å². The molecule has 14 heteroatoms. The summed E-state index contributed by atoms with van der Waals surface area (Å²) in [6, 6.07) is 31.2. The van der Waals surface area contributed by atoms with E-state index in [2.05, 4.69) is 10.9 Å². The first-order chi connectivity index (χ1) is 20.5. The van der Waals surface area contributed by atoms with Crippen LogP contribution in [0.1, 0.15) is 12.8 Å². The summed E-state index contributed by atoms with van der Waals surface area (Å²) in [5, 5.41) is 0.634. The number of hydrogen-bond donors (Lipinski definition) is 4. The molecular weight excluding hydrogens is 611 g/mol. The molecule has 0 saturated carbocycles. The molecule has 0 aliphatic heterocycles. The molecule has 43 heavy (non-hydrogen) atoms. The van der Waals surface area contributed by atoms with Gasteiger partial charge >= 0.3 is 0 Å². The Bertz CT molecular complexity index is 1770. The zero-order chi connectivity index (χ0) is 30.9. The van der Waals surface area contributed by atoms with Crippen molar-refractivity contribution in [3.63, 3.8) is 0 Å². The predicted octanol–water partition coefficient (Wildman–Crippen LogP) is 2.17. The summed E-state index contributed by atoms with van der Waals surface area (Å²) in [4.78, 5) is 30.3. The van der Waals surface area contributed by atoms with Gasteiger partial charge in [-0.25, -0.2) is 16.8 Å². The molecule has 0 aromatic heterocycles. The second kappa shape index (κ2) is 13.9. The van der Waals surface area contributed by atoms with Crippen LogP contribution in [0.5, 0.6) is 0 Å². The maximum atomic E-state index is 15.0. The van der Waals surface area contributed by atoms with Gasteiger partial charge in [-0.15, -0.1) is 9.66 Å². The van der Waals surface area contributed by atoms with Crippen molar-refractivity contribution in [1.82, 2.24) is 20.5 Å². The highest BCUT2D eigenvalue weighted by atomic mass is 32.2. The van der Waals surface area contributed by atoms with E-state index >= 15 is 0 Å². The number of benzene rings is 4. The van der Waals surface area contributed by atoms with Gasteiger partial charge in [0.2, 0.25) is 11.8 Å². The Morgan fingerprint density at radius 3 is 1.37 bits per heavy atom. The van der Waals surface area contributed by atoms with Crippen molar-refractivity contribution >= 4 is 49.6 Å². The van der Waals surface area contributed by atoms with E-state index < -0.39 is 51.1 Å². The largest absolute Gasteiger partial charge is 0.313 e. The van der Waals surface area contributed by atoms with Crippen molar-refractivity contribution in [2.24, 2.45) is 0 Å². The van der Waals surface area contributed by atoms with E-state index in [0.717, 1.165) is 0 Å². The van der Waals surface area contributed by atoms with Crippen molar-refractivity contribution in [2.75, 3.05) is 0 Å². The molecule has 4 aromatic carbocycles. The zero-order valence-electron chi connectivity index (χ0n) is 22.7. The van der Waals surface area contributed by atoms with E-state index in [1.165, 1.54) is 48.5 Å². The summed E-state index contributed by atoms with van der Waals surface area (Å²) in [6.07, 6.45) is -0.747. The zero-order valence-corrected chi connectivity index (χ0v) is 25.2. The quantitative estimate of drug-likeness (QED) is 0.128. The molecule has 0 radical (unpaired) electrons. The molecule has 4 rings (SSSR count). The van der Waals surface area contributed by atoms with Gasteiger partial charge in [0.25, 0.3) is 20.0 Å². The Balaban J connectivity index is 1.61. The number of hydrazine groups is 2. The van der Waals surface area contributed by atoms with Gasteiger partial charge in [-0.1, -0.05) is 97.1 Å². The third-order valence-corrected chi connectivity index (χ3v) is 12.4. The molecular formula is C29H29N4O7PS2. The van der Waals surface area contributed by atoms with Gasteiger partial charge < -0.3 is 4.57 Å². The Morgan fingerprint density at radius 1 is 0.581 bits per heavy atom. The van der Waals surface area contributed by atoms with E-state index in [-0.39, 0.29) is 16.2 Å². The summed E-state index contributed by atoms with van der Waals surface area (Å²) in [5.74, 6) is -1.73. The summed E-state index contributed by atoms with van der Waals surface area (Å²) in [7, 11) is -12.1. The molecule has 0 aliphatic carbocycles. The molecule has 4 N–H and O–H groups in total. The molecule has 0 heterocycles. The van der Waals surface area contributed by atoms with Gasteiger partial charge in [0.15, 0.2) is 7.14 Å². The summed E-state index contributed by atoms with van der Waals surface area (Å²) in [5.41, 5.74) is 2.87. The summed E-state index contributed by atoms with van der Waals surface area (Å²) in [6.45, 7) is 0. The second-order valence-electron chi connectivity index (χ2n) is 9.26. The maximum Gasteiger partial charge on any atom is 0.257 e. The highest BCUT2D eigenvalue weighted by Gasteiger charge is 2.42. The third kappa shape index (κ3) is 7.83. The monoisotopic (exact) mass is 640 g/mol. The third-order valence-electron chi connectivity index (χ3n) is 6.41. The number of amides is 2. The molecule has 1 atom stereocenters. The van der Waals surface area contributed by atoms with Crippen LogP contribution in [0.4, 0.5) is 0 Å². The predicted molar refractivity (Wildman–Crippen MR) is 163 cm³/mol. The van der Waals surface area contributed by atoms with Gasteiger partial charge in [-0.05, 0) is 30.7 Å². The van der Waals surface area contributed by atoms with E-state index in [4.69, 9.17) is 0 Å². The first-order valence-corrected chi connectivity index (χ1v) is 17.7. The standard InChI is InChI=1S/C29H29N4O7PS2/c34-28(30-32-42(37,38)25-17-9-3-10-18-25)22-21-27(29(35)31-33-43(39,40)26-19-11-4-12-20-26)41(36,23-13-5-1-6-14-23)24-15-7-2-8-16-24/h1-20,27,32-33H,21-22H2,(H,30,34)(H,31,35)/t27-/m0/s1. The molecule has 224 valence electrons. The molecule has 4 aromatic rings. The smallest absolute Gasteiger partial charge is 0.257 e. The summed E-state index contributed by atoms with van der Waals surface area (Å²) >= 11 is 0. The lowest BCUT2D eigenvalue weighted by Crippen LogP contribution is -2.48. The van der Waals surface area contributed by atoms with Crippen LogP contribution in [-0.2, 0) is 34.2 Å². The van der Waals surface area contributed by atoms with E-state index in [0.29, 0.717) is 10.6 Å². The van der Waals surface area contributed by atoms with Crippen LogP contribution in [0.15, 0.2) is 131 Å². The lowest BCUT2D eigenvalue weighted by Gasteiger charge is -2.28. The average molecular weight is 641 g/mol. The van der Waals surface area contributed by atoms with Crippen LogP contribution in [0.2, 0.25) is 0 Å². The number of carbonyl (C=O) groups is 2. The molecule has 0 saturated heterocycles. The average Bonchev–Trinajstić information content (AvgIpc) is 3.04. The van der Waals surface area contributed by atoms with Gasteiger partial charge in [-0.2, -0.15) is 0 Å². The van der Waals surface area contributed by atoms with E-state index in [1.54, 1.807) is 72.8 Å². The van der Waals surface area contributed by atoms with Gasteiger partial charge in [0, 0.05) is 17.0 Å². The minimum absolute atomic E-state index is 0.0732. The highest BCUT2D eigenvalue weighted by Crippen LogP contribution is 2.50. The normalized spacial score (nSPS) is 12.7. The number of rotatable bonds is 13. The number of hydrogen-bond acceptors (Lipinski definition) is 7. The van der Waals surface area contributed by atoms with Gasteiger partial charge in [-0.3, -0.25) is 20.4 Å². The van der Waals surface area contributed by atoms with Gasteiger partial charge in [0.05, 0.1) is 9.79 Å². The second-order valence-corrected chi connectivity index (χ2v) is 15.6. The minimum Gasteiger partial charge on any atom is -0.313 e. The van der Waals surface area contributed by atoms with Crippen LogP contribution in [0.25, 0.3) is 0 Å². The van der Waals surface area contributed by atoms with Crippen LogP contribution in [0.3, 0.4) is 0 Å². The van der Waals surface area contributed by atoms with Crippen molar-refractivity contribution < 1.29 is 31.0 Å². The van der Waals surface area contributed by atoms with Gasteiger partial charge in [0.1, 0.15) is 5.66 Å².